The van der Waals surface area contributed by atoms with E-state index in [1.165, 1.54) is 44.6 Å². The molecular weight excluding hydrogens is 328 g/mol. The van der Waals surface area contributed by atoms with Gasteiger partial charge >= 0.3 is 11.9 Å². The highest BCUT2D eigenvalue weighted by molar-refractivity contribution is 5.96. The van der Waals surface area contributed by atoms with Gasteiger partial charge in [0.1, 0.15) is 0 Å². The van der Waals surface area contributed by atoms with Crippen molar-refractivity contribution in [2.24, 2.45) is 11.8 Å². The van der Waals surface area contributed by atoms with Crippen molar-refractivity contribution in [2.75, 3.05) is 13.2 Å². The fourth-order valence-corrected chi connectivity index (χ4v) is 2.45. The van der Waals surface area contributed by atoms with Crippen LogP contribution in [0.2, 0.25) is 0 Å². The molecule has 0 heterocycles. The van der Waals surface area contributed by atoms with Crippen molar-refractivity contribution in [1.29, 1.82) is 0 Å². The Morgan fingerprint density at radius 3 is 1.81 bits per heavy atom. The van der Waals surface area contributed by atoms with E-state index in [0.29, 0.717) is 25.2 Å². The normalized spacial score (nSPS) is 11.9. The fraction of sp³-hybridized carbons (Fsp3) is 0.818. The summed E-state index contributed by atoms with van der Waals surface area (Å²) in [6, 6.07) is 0. The molecule has 0 unspecified atom stereocenters. The number of hydrogen-bond acceptors (Lipinski definition) is 4. The molecule has 0 aromatic carbocycles. The smallest absolute Gasteiger partial charge is 0.334 e. The molecule has 0 saturated carbocycles. The van der Waals surface area contributed by atoms with Gasteiger partial charge in [-0.1, -0.05) is 79.6 Å². The number of esters is 2. The van der Waals surface area contributed by atoms with Gasteiger partial charge in [-0.15, -0.1) is 0 Å². The molecule has 4 nitrogen and oxygen atoms in total. The van der Waals surface area contributed by atoms with Crippen molar-refractivity contribution in [3.63, 3.8) is 0 Å². The number of hydrogen-bond donors (Lipinski definition) is 0. The molecule has 0 aliphatic carbocycles. The Balaban J connectivity index is 4.40. The van der Waals surface area contributed by atoms with Gasteiger partial charge in [-0.25, -0.2) is 9.59 Å². The van der Waals surface area contributed by atoms with Gasteiger partial charge < -0.3 is 9.47 Å². The summed E-state index contributed by atoms with van der Waals surface area (Å²) in [5.74, 6) is -0.287. The third-order valence-corrected chi connectivity index (χ3v) is 3.96. The molecule has 0 bridgehead atoms. The molecule has 152 valence electrons. The van der Waals surface area contributed by atoms with Crippen LogP contribution in [0.25, 0.3) is 0 Å². The molecule has 0 atom stereocenters. The van der Waals surface area contributed by atoms with Gasteiger partial charge in [-0.2, -0.15) is 0 Å². The molecule has 0 aromatic heterocycles. The Labute approximate surface area is 160 Å². The first-order valence-corrected chi connectivity index (χ1v) is 10.4. The number of carbonyl (C=O) groups excluding carboxylic acids is 2. The zero-order valence-corrected chi connectivity index (χ0v) is 17.6. The van der Waals surface area contributed by atoms with Gasteiger partial charge in [0, 0.05) is 11.6 Å². The standard InChI is InChI=1S/C22H40O4/c1-6-7-8-9-10-11-12-13-14-20(22(24)26-17-19(4)5)15-21(23)25-16-18(2)3/h15,18-19H,6-14,16-17H2,1-5H3/b20-15-. The molecule has 0 aliphatic rings. The van der Waals surface area contributed by atoms with E-state index in [9.17, 15) is 9.59 Å². The average molecular weight is 369 g/mol. The van der Waals surface area contributed by atoms with E-state index in [-0.39, 0.29) is 17.8 Å². The summed E-state index contributed by atoms with van der Waals surface area (Å²) in [5.41, 5.74) is 0.436. The van der Waals surface area contributed by atoms with Gasteiger partial charge in [0.15, 0.2) is 0 Å². The predicted octanol–water partition coefficient (Wildman–Crippen LogP) is 5.84. The Hall–Kier alpha value is -1.32. The monoisotopic (exact) mass is 368 g/mol. The molecule has 0 saturated heterocycles. The minimum Gasteiger partial charge on any atom is -0.462 e. The summed E-state index contributed by atoms with van der Waals surface area (Å²) in [6.07, 6.45) is 11.5. The topological polar surface area (TPSA) is 52.6 Å². The van der Waals surface area contributed by atoms with E-state index in [0.717, 1.165) is 12.8 Å². The van der Waals surface area contributed by atoms with E-state index in [1.807, 2.05) is 27.7 Å². The van der Waals surface area contributed by atoms with E-state index < -0.39 is 5.97 Å². The number of ether oxygens (including phenoxy) is 2. The molecule has 0 aliphatic heterocycles. The van der Waals surface area contributed by atoms with Crippen LogP contribution in [-0.2, 0) is 19.1 Å². The van der Waals surface area contributed by atoms with Crippen molar-refractivity contribution < 1.29 is 19.1 Å². The Morgan fingerprint density at radius 2 is 1.27 bits per heavy atom. The van der Waals surface area contributed by atoms with Gasteiger partial charge in [-0.3, -0.25) is 0 Å². The highest BCUT2D eigenvalue weighted by Crippen LogP contribution is 2.15. The summed E-state index contributed by atoms with van der Waals surface area (Å²) in [6.45, 7) is 10.9. The van der Waals surface area contributed by atoms with Crippen LogP contribution in [0.15, 0.2) is 11.6 Å². The van der Waals surface area contributed by atoms with Crippen molar-refractivity contribution in [3.8, 4) is 0 Å². The quantitative estimate of drug-likeness (QED) is 0.207. The zero-order chi connectivity index (χ0) is 19.8. The van der Waals surface area contributed by atoms with Crippen molar-refractivity contribution in [3.05, 3.63) is 11.6 Å². The second-order valence-corrected chi connectivity index (χ2v) is 7.91. The highest BCUT2D eigenvalue weighted by atomic mass is 16.5. The first-order valence-electron chi connectivity index (χ1n) is 10.4. The summed E-state index contributed by atoms with van der Waals surface area (Å²) in [7, 11) is 0. The summed E-state index contributed by atoms with van der Waals surface area (Å²) in [4.78, 5) is 24.2. The lowest BCUT2D eigenvalue weighted by atomic mass is 10.0. The summed E-state index contributed by atoms with van der Waals surface area (Å²) < 4.78 is 10.5. The maximum Gasteiger partial charge on any atom is 0.334 e. The van der Waals surface area contributed by atoms with Crippen molar-refractivity contribution in [2.45, 2.75) is 92.4 Å². The maximum absolute atomic E-state index is 12.3. The van der Waals surface area contributed by atoms with Crippen molar-refractivity contribution in [1.82, 2.24) is 0 Å². The van der Waals surface area contributed by atoms with Crippen LogP contribution >= 0.6 is 0 Å². The molecule has 0 N–H and O–H groups in total. The van der Waals surface area contributed by atoms with Crippen LogP contribution < -0.4 is 0 Å². The average Bonchev–Trinajstić information content (AvgIpc) is 2.59. The number of carbonyl (C=O) groups is 2. The molecule has 0 rings (SSSR count). The number of unbranched alkanes of at least 4 members (excludes halogenated alkanes) is 7. The Bertz CT molecular complexity index is 410. The van der Waals surface area contributed by atoms with Gasteiger partial charge in [0.05, 0.1) is 13.2 Å². The van der Waals surface area contributed by atoms with Crippen LogP contribution in [0.4, 0.5) is 0 Å². The molecule has 0 fully saturated rings. The van der Waals surface area contributed by atoms with E-state index in [4.69, 9.17) is 9.47 Å². The Morgan fingerprint density at radius 1 is 0.769 bits per heavy atom. The number of rotatable bonds is 15. The zero-order valence-electron chi connectivity index (χ0n) is 17.6. The molecule has 26 heavy (non-hydrogen) atoms. The van der Waals surface area contributed by atoms with Crippen LogP contribution in [0.3, 0.4) is 0 Å². The Kier molecular flexibility index (Phi) is 15.1. The first-order chi connectivity index (χ1) is 12.4. The minimum atomic E-state index is -0.449. The molecule has 0 spiro atoms. The lowest BCUT2D eigenvalue weighted by Gasteiger charge is -2.11. The van der Waals surface area contributed by atoms with Gasteiger partial charge in [0.2, 0.25) is 0 Å². The minimum absolute atomic E-state index is 0.274. The second-order valence-electron chi connectivity index (χ2n) is 7.91. The van der Waals surface area contributed by atoms with E-state index >= 15 is 0 Å². The third kappa shape index (κ3) is 15.0. The van der Waals surface area contributed by atoms with E-state index in [1.54, 1.807) is 0 Å². The largest absolute Gasteiger partial charge is 0.462 e. The SMILES string of the molecule is CCCCCCCCCC/C(=C/C(=O)OCC(C)C)C(=O)OCC(C)C. The third-order valence-electron chi connectivity index (χ3n) is 3.96. The maximum atomic E-state index is 12.3. The van der Waals surface area contributed by atoms with Crippen LogP contribution in [0, 0.1) is 11.8 Å². The molecule has 0 amide bonds. The summed E-state index contributed by atoms with van der Waals surface area (Å²) >= 11 is 0. The highest BCUT2D eigenvalue weighted by Gasteiger charge is 2.14. The van der Waals surface area contributed by atoms with Crippen LogP contribution in [0.1, 0.15) is 92.4 Å². The van der Waals surface area contributed by atoms with Gasteiger partial charge in [0.25, 0.3) is 0 Å². The van der Waals surface area contributed by atoms with Crippen LogP contribution in [0.5, 0.6) is 0 Å². The lowest BCUT2D eigenvalue weighted by Crippen LogP contribution is -2.15. The molecular formula is C22H40O4. The van der Waals surface area contributed by atoms with E-state index in [2.05, 4.69) is 6.92 Å². The fourth-order valence-electron chi connectivity index (χ4n) is 2.45. The molecule has 4 heteroatoms. The molecule has 0 radical (unpaired) electrons. The lowest BCUT2D eigenvalue weighted by molar-refractivity contribution is -0.142. The van der Waals surface area contributed by atoms with Gasteiger partial charge in [-0.05, 0) is 24.7 Å². The van der Waals surface area contributed by atoms with Crippen molar-refractivity contribution >= 4 is 11.9 Å². The second kappa shape index (κ2) is 15.9. The van der Waals surface area contributed by atoms with Crippen LogP contribution in [-0.4, -0.2) is 25.2 Å². The molecule has 0 aromatic rings. The first kappa shape index (κ1) is 24.7. The predicted molar refractivity (Wildman–Crippen MR) is 107 cm³/mol. The summed E-state index contributed by atoms with van der Waals surface area (Å²) in [5, 5.41) is 0.